The van der Waals surface area contributed by atoms with E-state index in [4.69, 9.17) is 4.74 Å². The zero-order valence-electron chi connectivity index (χ0n) is 11.6. The van der Waals surface area contributed by atoms with Crippen molar-refractivity contribution in [1.29, 1.82) is 0 Å². The van der Waals surface area contributed by atoms with Crippen molar-refractivity contribution >= 4 is 0 Å². The molecule has 106 valence electrons. The van der Waals surface area contributed by atoms with Gasteiger partial charge in [0.05, 0.1) is 0 Å². The fraction of sp³-hybridized carbons (Fsp3) is 0.333. The lowest BCUT2D eigenvalue weighted by Crippen LogP contribution is -2.21. The quantitative estimate of drug-likeness (QED) is 0.880. The Hall–Kier alpha value is -2.01. The molecule has 1 N–H and O–H groups in total. The molecule has 0 amide bonds. The first-order valence-corrected chi connectivity index (χ1v) is 6.55. The average molecular weight is 275 g/mol. The molecule has 0 aliphatic heterocycles. The Balaban J connectivity index is 1.95. The van der Waals surface area contributed by atoms with Gasteiger partial charge in [0.1, 0.15) is 6.61 Å². The van der Waals surface area contributed by atoms with Crippen LogP contribution in [0.2, 0.25) is 0 Å². The first-order chi connectivity index (χ1) is 9.65. The maximum atomic E-state index is 13.9. The molecule has 0 bridgehead atoms. The molecule has 0 saturated heterocycles. The van der Waals surface area contributed by atoms with Gasteiger partial charge >= 0.3 is 0 Å². The van der Waals surface area contributed by atoms with Gasteiger partial charge in [0.25, 0.3) is 0 Å². The molecule has 2 rings (SSSR count). The molecule has 5 heteroatoms. The molecule has 0 atom stereocenters. The van der Waals surface area contributed by atoms with E-state index in [1.165, 1.54) is 6.07 Å². The predicted molar refractivity (Wildman–Crippen MR) is 74.7 cm³/mol. The summed E-state index contributed by atoms with van der Waals surface area (Å²) in [6.45, 7) is 4.89. The number of aromatic nitrogens is 2. The summed E-state index contributed by atoms with van der Waals surface area (Å²) >= 11 is 0. The summed E-state index contributed by atoms with van der Waals surface area (Å²) < 4.78 is 19.3. The lowest BCUT2D eigenvalue weighted by molar-refractivity contribution is 0.280. The monoisotopic (exact) mass is 275 g/mol. The summed E-state index contributed by atoms with van der Waals surface area (Å²) in [5.41, 5.74) is 0.888. The van der Waals surface area contributed by atoms with E-state index in [-0.39, 0.29) is 18.2 Å². The van der Waals surface area contributed by atoms with E-state index in [0.29, 0.717) is 18.4 Å². The average Bonchev–Trinajstić information content (AvgIpc) is 2.45. The Morgan fingerprint density at radius 1 is 1.25 bits per heavy atom. The molecule has 1 heterocycles. The smallest absolute Gasteiger partial charge is 0.166 e. The molecule has 2 aromatic rings. The first-order valence-electron chi connectivity index (χ1n) is 6.55. The third kappa shape index (κ3) is 4.28. The summed E-state index contributed by atoms with van der Waals surface area (Å²) in [5, 5.41) is 3.24. The highest BCUT2D eigenvalue weighted by Crippen LogP contribution is 2.19. The molecule has 0 radical (unpaired) electrons. The Morgan fingerprint density at radius 3 is 2.65 bits per heavy atom. The van der Waals surface area contributed by atoms with Gasteiger partial charge in [0.2, 0.25) is 0 Å². The normalized spacial score (nSPS) is 10.8. The maximum Gasteiger partial charge on any atom is 0.166 e. The molecule has 0 unspecified atom stereocenters. The van der Waals surface area contributed by atoms with Gasteiger partial charge < -0.3 is 10.1 Å². The van der Waals surface area contributed by atoms with Crippen LogP contribution in [0.4, 0.5) is 4.39 Å². The van der Waals surface area contributed by atoms with Gasteiger partial charge in [-0.05, 0) is 23.8 Å². The SMILES string of the molecule is CC(C)NCc1ccc(OCc2ncccn2)c(F)c1. The number of nitrogens with one attached hydrogen (secondary N) is 1. The Kier molecular flexibility index (Phi) is 5.01. The van der Waals surface area contributed by atoms with E-state index in [0.717, 1.165) is 5.56 Å². The zero-order chi connectivity index (χ0) is 14.4. The molecular formula is C15H18FN3O. The van der Waals surface area contributed by atoms with E-state index < -0.39 is 0 Å². The number of hydrogen-bond donors (Lipinski definition) is 1. The van der Waals surface area contributed by atoms with E-state index >= 15 is 0 Å². The van der Waals surface area contributed by atoms with Crippen molar-refractivity contribution in [3.05, 3.63) is 53.9 Å². The van der Waals surface area contributed by atoms with Gasteiger partial charge in [-0.1, -0.05) is 19.9 Å². The van der Waals surface area contributed by atoms with Crippen molar-refractivity contribution in [2.45, 2.75) is 33.0 Å². The van der Waals surface area contributed by atoms with Gasteiger partial charge in [-0.15, -0.1) is 0 Å². The van der Waals surface area contributed by atoms with Crippen LogP contribution in [0.5, 0.6) is 5.75 Å². The molecule has 4 nitrogen and oxygen atoms in total. The number of rotatable bonds is 6. The largest absolute Gasteiger partial charge is 0.483 e. The minimum Gasteiger partial charge on any atom is -0.483 e. The van der Waals surface area contributed by atoms with Crippen LogP contribution in [0.25, 0.3) is 0 Å². The molecule has 0 aliphatic rings. The number of ether oxygens (including phenoxy) is 1. The van der Waals surface area contributed by atoms with Crippen LogP contribution in [0.1, 0.15) is 25.2 Å². The van der Waals surface area contributed by atoms with Gasteiger partial charge in [0.15, 0.2) is 17.4 Å². The molecule has 0 fully saturated rings. The molecule has 1 aromatic heterocycles. The number of benzene rings is 1. The predicted octanol–water partition coefficient (Wildman–Crippen LogP) is 2.69. The van der Waals surface area contributed by atoms with E-state index in [2.05, 4.69) is 15.3 Å². The van der Waals surface area contributed by atoms with Gasteiger partial charge in [-0.3, -0.25) is 0 Å². The van der Waals surface area contributed by atoms with Crippen molar-refractivity contribution in [1.82, 2.24) is 15.3 Å². The Morgan fingerprint density at radius 2 is 2.00 bits per heavy atom. The molecular weight excluding hydrogens is 257 g/mol. The van der Waals surface area contributed by atoms with Crippen LogP contribution >= 0.6 is 0 Å². The van der Waals surface area contributed by atoms with Crippen molar-refractivity contribution in [2.75, 3.05) is 0 Å². The molecule has 0 aliphatic carbocycles. The number of nitrogens with zero attached hydrogens (tertiary/aromatic N) is 2. The van der Waals surface area contributed by atoms with Crippen LogP contribution in [0, 0.1) is 5.82 Å². The van der Waals surface area contributed by atoms with E-state index in [9.17, 15) is 4.39 Å². The third-order valence-electron chi connectivity index (χ3n) is 2.69. The van der Waals surface area contributed by atoms with Gasteiger partial charge in [-0.2, -0.15) is 0 Å². The molecule has 20 heavy (non-hydrogen) atoms. The maximum absolute atomic E-state index is 13.9. The summed E-state index contributed by atoms with van der Waals surface area (Å²) in [6.07, 6.45) is 3.26. The number of halogens is 1. The number of hydrogen-bond acceptors (Lipinski definition) is 4. The second kappa shape index (κ2) is 6.96. The summed E-state index contributed by atoms with van der Waals surface area (Å²) in [4.78, 5) is 8.04. The van der Waals surface area contributed by atoms with E-state index in [1.54, 1.807) is 24.5 Å². The first kappa shape index (κ1) is 14.4. The summed E-state index contributed by atoms with van der Waals surface area (Å²) in [7, 11) is 0. The minimum atomic E-state index is -0.371. The second-order valence-electron chi connectivity index (χ2n) is 4.75. The molecule has 0 saturated carbocycles. The van der Waals surface area contributed by atoms with Crippen LogP contribution in [0.3, 0.4) is 0 Å². The highest BCUT2D eigenvalue weighted by atomic mass is 19.1. The Labute approximate surface area is 118 Å². The van der Waals surface area contributed by atoms with Gasteiger partial charge in [0, 0.05) is 25.0 Å². The van der Waals surface area contributed by atoms with Crippen molar-refractivity contribution in [3.63, 3.8) is 0 Å². The zero-order valence-corrected chi connectivity index (χ0v) is 11.6. The topological polar surface area (TPSA) is 47.0 Å². The highest BCUT2D eigenvalue weighted by molar-refractivity contribution is 5.29. The van der Waals surface area contributed by atoms with Crippen LogP contribution < -0.4 is 10.1 Å². The second-order valence-corrected chi connectivity index (χ2v) is 4.75. The summed E-state index contributed by atoms with van der Waals surface area (Å²) in [5.74, 6) is 0.368. The van der Waals surface area contributed by atoms with Crippen LogP contribution in [0.15, 0.2) is 36.7 Å². The van der Waals surface area contributed by atoms with Gasteiger partial charge in [-0.25, -0.2) is 14.4 Å². The van der Waals surface area contributed by atoms with Crippen molar-refractivity contribution in [2.24, 2.45) is 0 Å². The summed E-state index contributed by atoms with van der Waals surface area (Å²) in [6, 6.07) is 7.05. The minimum absolute atomic E-state index is 0.154. The van der Waals surface area contributed by atoms with Crippen molar-refractivity contribution < 1.29 is 9.13 Å². The third-order valence-corrected chi connectivity index (χ3v) is 2.69. The highest BCUT2D eigenvalue weighted by Gasteiger charge is 2.06. The van der Waals surface area contributed by atoms with Crippen molar-refractivity contribution in [3.8, 4) is 5.75 Å². The standard InChI is InChI=1S/C15H18FN3O/c1-11(2)19-9-12-4-5-14(13(16)8-12)20-10-15-17-6-3-7-18-15/h3-8,11,19H,9-10H2,1-2H3. The molecule has 0 spiro atoms. The van der Waals surface area contributed by atoms with Crippen LogP contribution in [-0.4, -0.2) is 16.0 Å². The fourth-order valence-corrected chi connectivity index (χ4v) is 1.64. The van der Waals surface area contributed by atoms with Crippen LogP contribution in [-0.2, 0) is 13.2 Å². The lowest BCUT2D eigenvalue weighted by atomic mass is 10.2. The van der Waals surface area contributed by atoms with E-state index in [1.807, 2.05) is 19.9 Å². The lowest BCUT2D eigenvalue weighted by Gasteiger charge is -2.10. The Bertz CT molecular complexity index is 546. The molecule has 1 aromatic carbocycles. The fourth-order valence-electron chi connectivity index (χ4n) is 1.64.